The molecule has 37 heavy (non-hydrogen) atoms. The Hall–Kier alpha value is -4.37. The van der Waals surface area contributed by atoms with Crippen molar-refractivity contribution in [1.29, 1.82) is 0 Å². The molecule has 1 atom stereocenters. The number of aromatic nitrogens is 4. The van der Waals surface area contributed by atoms with Crippen molar-refractivity contribution in [1.82, 2.24) is 24.7 Å². The van der Waals surface area contributed by atoms with Gasteiger partial charge in [-0.2, -0.15) is 0 Å². The van der Waals surface area contributed by atoms with Crippen LogP contribution in [0.15, 0.2) is 60.9 Å². The zero-order chi connectivity index (χ0) is 25.9. The molecule has 6 rings (SSSR count). The summed E-state index contributed by atoms with van der Waals surface area (Å²) in [5, 5.41) is 14.2. The number of aryl methyl sites for hydroxylation is 1. The molecule has 0 aliphatic heterocycles. The van der Waals surface area contributed by atoms with Gasteiger partial charge in [-0.05, 0) is 74.7 Å². The fourth-order valence-electron chi connectivity index (χ4n) is 4.66. The molecule has 3 heterocycles. The van der Waals surface area contributed by atoms with E-state index in [0.29, 0.717) is 35.4 Å². The average molecular weight is 497 g/mol. The maximum absolute atomic E-state index is 13.7. The molecule has 186 valence electrons. The van der Waals surface area contributed by atoms with Crippen LogP contribution in [0.2, 0.25) is 0 Å². The molecular formula is C28H25FN6O2. The monoisotopic (exact) mass is 496 g/mol. The number of halogens is 1. The number of carbonyl (C=O) groups excluding carboxylic acids is 1. The number of nitrogens with zero attached hydrogens (tertiary/aromatic N) is 4. The van der Waals surface area contributed by atoms with Gasteiger partial charge in [0.15, 0.2) is 11.5 Å². The first-order valence-corrected chi connectivity index (χ1v) is 12.1. The highest BCUT2D eigenvalue weighted by Crippen LogP contribution is 2.38. The Balaban J connectivity index is 1.56. The summed E-state index contributed by atoms with van der Waals surface area (Å²) < 4.78 is 15.5. The van der Waals surface area contributed by atoms with Gasteiger partial charge in [0, 0.05) is 28.9 Å². The van der Waals surface area contributed by atoms with Gasteiger partial charge in [-0.1, -0.05) is 6.07 Å². The predicted octanol–water partition coefficient (Wildman–Crippen LogP) is 4.28. The molecule has 1 saturated carbocycles. The van der Waals surface area contributed by atoms with Gasteiger partial charge in [-0.3, -0.25) is 14.2 Å². The summed E-state index contributed by atoms with van der Waals surface area (Å²) in [5.74, 6) is -0.641. The van der Waals surface area contributed by atoms with Gasteiger partial charge < -0.3 is 16.2 Å². The van der Waals surface area contributed by atoms with Gasteiger partial charge in [0.05, 0.1) is 28.5 Å². The highest BCUT2D eigenvalue weighted by Gasteiger charge is 2.46. The minimum Gasteiger partial charge on any atom is -0.388 e. The minimum absolute atomic E-state index is 0.134. The van der Waals surface area contributed by atoms with E-state index in [1.807, 2.05) is 31.2 Å². The maximum Gasteiger partial charge on any atom is 0.271 e. The van der Waals surface area contributed by atoms with Gasteiger partial charge >= 0.3 is 0 Å². The van der Waals surface area contributed by atoms with Crippen LogP contribution in [0.5, 0.6) is 0 Å². The molecule has 0 saturated heterocycles. The number of hydrogen-bond acceptors (Lipinski definition) is 6. The van der Waals surface area contributed by atoms with Crippen LogP contribution in [-0.2, 0) is 0 Å². The number of nitrogens with one attached hydrogen (secondary N) is 1. The molecule has 0 radical (unpaired) electrons. The number of carbonyl (C=O) groups is 1. The summed E-state index contributed by atoms with van der Waals surface area (Å²) >= 11 is 0. The first kappa shape index (κ1) is 23.1. The molecule has 5 aromatic rings. The van der Waals surface area contributed by atoms with Gasteiger partial charge in [0.2, 0.25) is 0 Å². The number of nitrogen functional groups attached to an aromatic ring is 1. The normalized spacial score (nSPS) is 15.1. The largest absolute Gasteiger partial charge is 0.388 e. The summed E-state index contributed by atoms with van der Waals surface area (Å²) in [6, 6.07) is 13.4. The number of nitrogens with two attached hydrogens (primary N) is 1. The van der Waals surface area contributed by atoms with Crippen LogP contribution in [0.4, 0.5) is 10.2 Å². The van der Waals surface area contributed by atoms with Crippen molar-refractivity contribution in [3.05, 3.63) is 78.0 Å². The summed E-state index contributed by atoms with van der Waals surface area (Å²) in [7, 11) is 0. The third kappa shape index (κ3) is 3.97. The van der Waals surface area contributed by atoms with E-state index in [2.05, 4.69) is 20.3 Å². The maximum atomic E-state index is 13.7. The Morgan fingerprint density at radius 2 is 1.86 bits per heavy atom. The molecule has 1 unspecified atom stereocenters. The third-order valence-electron chi connectivity index (χ3n) is 7.13. The summed E-state index contributed by atoms with van der Waals surface area (Å²) in [4.78, 5) is 26.7. The van der Waals surface area contributed by atoms with Crippen molar-refractivity contribution in [3.8, 4) is 22.5 Å². The quantitative estimate of drug-likeness (QED) is 0.334. The lowest BCUT2D eigenvalue weighted by atomic mass is 10.0. The lowest BCUT2D eigenvalue weighted by Crippen LogP contribution is -2.42. The van der Waals surface area contributed by atoms with Gasteiger partial charge in [-0.25, -0.2) is 14.4 Å². The van der Waals surface area contributed by atoms with Crippen LogP contribution in [0.25, 0.3) is 39.1 Å². The van der Waals surface area contributed by atoms with Crippen LogP contribution < -0.4 is 11.1 Å². The summed E-state index contributed by atoms with van der Waals surface area (Å²) in [6.07, 6.45) is 4.69. The molecule has 3 aromatic heterocycles. The Morgan fingerprint density at radius 1 is 1.14 bits per heavy atom. The fraction of sp³-hybridized carbons (Fsp3) is 0.214. The van der Waals surface area contributed by atoms with Crippen LogP contribution >= 0.6 is 0 Å². The number of aliphatic hydroxyl groups is 1. The Kier molecular flexibility index (Phi) is 5.20. The Labute approximate surface area is 212 Å². The molecule has 1 fully saturated rings. The van der Waals surface area contributed by atoms with Gasteiger partial charge in [0.25, 0.3) is 5.91 Å². The SMILES string of the molecule is Cc1ccnc2ccc(-c3c(-c4ccc(F)cc4)nc(N)c4nc(C(=O)NC(C)C5(O)CC5)cn34)cc12. The topological polar surface area (TPSA) is 118 Å². The molecule has 1 aliphatic rings. The molecule has 0 spiro atoms. The third-order valence-corrected chi connectivity index (χ3v) is 7.13. The van der Waals surface area contributed by atoms with Crippen molar-refractivity contribution in [2.75, 3.05) is 5.73 Å². The van der Waals surface area contributed by atoms with Crippen LogP contribution in [-0.4, -0.2) is 42.0 Å². The molecule has 9 heteroatoms. The van der Waals surface area contributed by atoms with E-state index >= 15 is 0 Å². The number of amides is 1. The highest BCUT2D eigenvalue weighted by molar-refractivity contribution is 5.95. The van der Waals surface area contributed by atoms with Crippen LogP contribution in [0.3, 0.4) is 0 Å². The second-order valence-electron chi connectivity index (χ2n) is 9.68. The first-order chi connectivity index (χ1) is 17.7. The Morgan fingerprint density at radius 3 is 2.59 bits per heavy atom. The number of rotatable bonds is 5. The zero-order valence-electron chi connectivity index (χ0n) is 20.4. The lowest BCUT2D eigenvalue weighted by Gasteiger charge is -2.18. The van der Waals surface area contributed by atoms with E-state index in [0.717, 1.165) is 22.0 Å². The average Bonchev–Trinajstić information content (AvgIpc) is 3.48. The van der Waals surface area contributed by atoms with Crippen LogP contribution in [0, 0.1) is 12.7 Å². The number of hydrogen-bond donors (Lipinski definition) is 3. The van der Waals surface area contributed by atoms with Gasteiger partial charge in [-0.15, -0.1) is 0 Å². The molecule has 1 amide bonds. The fourth-order valence-corrected chi connectivity index (χ4v) is 4.66. The number of benzene rings is 2. The second-order valence-corrected chi connectivity index (χ2v) is 9.68. The van der Waals surface area contributed by atoms with Crippen molar-refractivity contribution in [3.63, 3.8) is 0 Å². The molecule has 2 aromatic carbocycles. The van der Waals surface area contributed by atoms with E-state index in [1.165, 1.54) is 12.1 Å². The Bertz CT molecular complexity index is 1690. The molecule has 8 nitrogen and oxygen atoms in total. The van der Waals surface area contributed by atoms with E-state index in [4.69, 9.17) is 5.73 Å². The number of anilines is 1. The second kappa shape index (κ2) is 8.35. The molecule has 1 aliphatic carbocycles. The predicted molar refractivity (Wildman–Crippen MR) is 139 cm³/mol. The first-order valence-electron chi connectivity index (χ1n) is 12.1. The van der Waals surface area contributed by atoms with Crippen molar-refractivity contribution in [2.24, 2.45) is 0 Å². The van der Waals surface area contributed by atoms with Gasteiger partial charge in [0.1, 0.15) is 11.5 Å². The zero-order valence-corrected chi connectivity index (χ0v) is 20.4. The van der Waals surface area contributed by atoms with Crippen molar-refractivity contribution >= 4 is 28.3 Å². The van der Waals surface area contributed by atoms with E-state index in [1.54, 1.807) is 35.9 Å². The van der Waals surface area contributed by atoms with E-state index in [-0.39, 0.29) is 17.3 Å². The lowest BCUT2D eigenvalue weighted by molar-refractivity contribution is 0.0790. The van der Waals surface area contributed by atoms with E-state index in [9.17, 15) is 14.3 Å². The van der Waals surface area contributed by atoms with Crippen molar-refractivity contribution in [2.45, 2.75) is 38.3 Å². The summed E-state index contributed by atoms with van der Waals surface area (Å²) in [6.45, 7) is 3.79. The number of imidazole rings is 1. The smallest absolute Gasteiger partial charge is 0.271 e. The highest BCUT2D eigenvalue weighted by atomic mass is 19.1. The molecule has 0 bridgehead atoms. The number of fused-ring (bicyclic) bond motifs is 2. The summed E-state index contributed by atoms with van der Waals surface area (Å²) in [5.41, 5.74) is 10.5. The molecule has 4 N–H and O–H groups in total. The minimum atomic E-state index is -0.868. The standard InChI is InChI=1S/C28H25FN6O2/c1-15-9-12-31-21-8-5-18(13-20(15)21)24-23(17-3-6-19(29)7-4-17)34-25(30)26-33-22(14-35(24)26)27(36)32-16(2)28(37)10-11-28/h3-9,12-14,16,37H,10-11H2,1-2H3,(H2,30,34)(H,32,36). The van der Waals surface area contributed by atoms with Crippen molar-refractivity contribution < 1.29 is 14.3 Å². The molecular weight excluding hydrogens is 471 g/mol. The number of pyridine rings is 1. The van der Waals surface area contributed by atoms with Crippen LogP contribution in [0.1, 0.15) is 35.8 Å². The van der Waals surface area contributed by atoms with E-state index < -0.39 is 17.6 Å².